The van der Waals surface area contributed by atoms with Crippen LogP contribution in [-0.4, -0.2) is 0 Å². The molecule has 1 heterocycles. The number of para-hydroxylation sites is 1. The maximum Gasteiger partial charge on any atom is 0.129 e. The number of rotatable bonds is 1. The topological polar surface area (TPSA) is 9.23 Å². The molecule has 0 atom stereocenters. The summed E-state index contributed by atoms with van der Waals surface area (Å²) in [6.07, 6.45) is 3.96. The molecule has 0 amide bonds. The Labute approximate surface area is 101 Å². The first-order valence-corrected chi connectivity index (χ1v) is 5.92. The van der Waals surface area contributed by atoms with Gasteiger partial charge in [0, 0.05) is 0 Å². The van der Waals surface area contributed by atoms with Crippen LogP contribution in [0, 0.1) is 0 Å². The fraction of sp³-hybridized carbons (Fsp3) is 0.125. The molecule has 1 heteroatoms. The van der Waals surface area contributed by atoms with Gasteiger partial charge >= 0.3 is 0 Å². The SMILES string of the molecule is C1=C(c2ccccc2)CCc2ccccc2O1. The third-order valence-electron chi connectivity index (χ3n) is 3.11. The molecule has 0 unspecified atom stereocenters. The number of aryl methyl sites for hydroxylation is 1. The summed E-state index contributed by atoms with van der Waals surface area (Å²) in [5.41, 5.74) is 3.80. The molecule has 1 aliphatic heterocycles. The zero-order valence-corrected chi connectivity index (χ0v) is 9.60. The molecule has 0 aromatic heterocycles. The molecule has 1 nitrogen and oxygen atoms in total. The molecule has 17 heavy (non-hydrogen) atoms. The van der Waals surface area contributed by atoms with Crippen LogP contribution < -0.4 is 4.74 Å². The van der Waals surface area contributed by atoms with E-state index in [1.807, 2.05) is 24.5 Å². The van der Waals surface area contributed by atoms with E-state index in [9.17, 15) is 0 Å². The highest BCUT2D eigenvalue weighted by atomic mass is 16.5. The predicted octanol–water partition coefficient (Wildman–Crippen LogP) is 4.05. The lowest BCUT2D eigenvalue weighted by atomic mass is 10.00. The Kier molecular flexibility index (Phi) is 2.66. The fourth-order valence-corrected chi connectivity index (χ4v) is 2.15. The van der Waals surface area contributed by atoms with Crippen molar-refractivity contribution in [2.75, 3.05) is 0 Å². The summed E-state index contributed by atoms with van der Waals surface area (Å²) < 4.78 is 5.75. The van der Waals surface area contributed by atoms with Crippen molar-refractivity contribution in [2.45, 2.75) is 12.8 Å². The van der Waals surface area contributed by atoms with Gasteiger partial charge < -0.3 is 4.74 Å². The molecule has 1 aliphatic rings. The second kappa shape index (κ2) is 4.46. The van der Waals surface area contributed by atoms with Crippen molar-refractivity contribution in [1.29, 1.82) is 0 Å². The van der Waals surface area contributed by atoms with Crippen LogP contribution in [0.25, 0.3) is 5.57 Å². The van der Waals surface area contributed by atoms with Crippen molar-refractivity contribution in [3.63, 3.8) is 0 Å². The molecule has 0 spiro atoms. The normalized spacial score (nSPS) is 14.2. The van der Waals surface area contributed by atoms with Gasteiger partial charge in [-0.3, -0.25) is 0 Å². The minimum atomic E-state index is 0.985. The van der Waals surface area contributed by atoms with E-state index in [2.05, 4.69) is 36.4 Å². The molecule has 0 N–H and O–H groups in total. The number of allylic oxidation sites excluding steroid dienone is 1. The first-order valence-electron chi connectivity index (χ1n) is 5.92. The molecule has 0 bridgehead atoms. The highest BCUT2D eigenvalue weighted by Crippen LogP contribution is 2.29. The van der Waals surface area contributed by atoms with E-state index >= 15 is 0 Å². The minimum absolute atomic E-state index is 0.985. The molecule has 2 aromatic carbocycles. The summed E-state index contributed by atoms with van der Waals surface area (Å²) in [7, 11) is 0. The first-order chi connectivity index (χ1) is 8.43. The van der Waals surface area contributed by atoms with Gasteiger partial charge in [-0.05, 0) is 35.6 Å². The number of fused-ring (bicyclic) bond motifs is 1. The highest BCUT2D eigenvalue weighted by molar-refractivity contribution is 5.66. The Hall–Kier alpha value is -2.02. The van der Waals surface area contributed by atoms with E-state index in [1.54, 1.807) is 0 Å². The van der Waals surface area contributed by atoms with E-state index < -0.39 is 0 Å². The lowest BCUT2D eigenvalue weighted by Crippen LogP contribution is -1.86. The van der Waals surface area contributed by atoms with Crippen LogP contribution in [0.3, 0.4) is 0 Å². The molecule has 84 valence electrons. The smallest absolute Gasteiger partial charge is 0.129 e. The van der Waals surface area contributed by atoms with E-state index in [0.717, 1.165) is 18.6 Å². The third-order valence-corrected chi connectivity index (χ3v) is 3.11. The van der Waals surface area contributed by atoms with E-state index in [4.69, 9.17) is 4.74 Å². The average molecular weight is 222 g/mol. The van der Waals surface area contributed by atoms with Crippen LogP contribution in [-0.2, 0) is 6.42 Å². The summed E-state index contributed by atoms with van der Waals surface area (Å²) in [4.78, 5) is 0. The van der Waals surface area contributed by atoms with Crippen LogP contribution in [0.15, 0.2) is 60.9 Å². The summed E-state index contributed by atoms with van der Waals surface area (Å²) in [6.45, 7) is 0. The van der Waals surface area contributed by atoms with Gasteiger partial charge in [0.15, 0.2) is 0 Å². The molecular formula is C16H14O. The summed E-state index contributed by atoms with van der Waals surface area (Å²) >= 11 is 0. The van der Waals surface area contributed by atoms with Crippen LogP contribution in [0.1, 0.15) is 17.5 Å². The number of hydrogen-bond donors (Lipinski definition) is 0. The van der Waals surface area contributed by atoms with Gasteiger partial charge in [0.25, 0.3) is 0 Å². The number of ether oxygens (including phenoxy) is 1. The first kappa shape index (κ1) is 10.2. The number of hydrogen-bond acceptors (Lipinski definition) is 1. The lowest BCUT2D eigenvalue weighted by molar-refractivity contribution is 0.481. The van der Waals surface area contributed by atoms with Crippen LogP contribution in [0.5, 0.6) is 5.75 Å². The van der Waals surface area contributed by atoms with Gasteiger partial charge in [0.1, 0.15) is 5.75 Å². The molecule has 3 rings (SSSR count). The van der Waals surface area contributed by atoms with Gasteiger partial charge in [-0.15, -0.1) is 0 Å². The van der Waals surface area contributed by atoms with Crippen molar-refractivity contribution < 1.29 is 4.74 Å². The van der Waals surface area contributed by atoms with Crippen molar-refractivity contribution in [2.24, 2.45) is 0 Å². The van der Waals surface area contributed by atoms with Gasteiger partial charge in [-0.25, -0.2) is 0 Å². The zero-order chi connectivity index (χ0) is 11.5. The molecule has 2 aromatic rings. The van der Waals surface area contributed by atoms with Crippen LogP contribution in [0.4, 0.5) is 0 Å². The van der Waals surface area contributed by atoms with Crippen LogP contribution >= 0.6 is 0 Å². The van der Waals surface area contributed by atoms with Gasteiger partial charge in [-0.1, -0.05) is 48.5 Å². The largest absolute Gasteiger partial charge is 0.464 e. The standard InChI is InChI=1S/C16H14O/c1-2-6-13(7-3-1)15-11-10-14-8-4-5-9-16(14)17-12-15/h1-9,12H,10-11H2. The van der Waals surface area contributed by atoms with Crippen molar-refractivity contribution in [3.8, 4) is 5.75 Å². The quantitative estimate of drug-likeness (QED) is 0.707. The van der Waals surface area contributed by atoms with Gasteiger partial charge in [0.2, 0.25) is 0 Å². The zero-order valence-electron chi connectivity index (χ0n) is 9.60. The van der Waals surface area contributed by atoms with Crippen LogP contribution in [0.2, 0.25) is 0 Å². The van der Waals surface area contributed by atoms with E-state index in [1.165, 1.54) is 16.7 Å². The predicted molar refractivity (Wildman–Crippen MR) is 69.8 cm³/mol. The fourth-order valence-electron chi connectivity index (χ4n) is 2.15. The second-order valence-electron chi connectivity index (χ2n) is 4.23. The average Bonchev–Trinajstić information content (AvgIpc) is 2.62. The van der Waals surface area contributed by atoms with E-state index in [-0.39, 0.29) is 0 Å². The molecule has 0 saturated carbocycles. The Morgan fingerprint density at radius 1 is 0.765 bits per heavy atom. The lowest BCUT2D eigenvalue weighted by Gasteiger charge is -2.03. The van der Waals surface area contributed by atoms with Crippen molar-refractivity contribution >= 4 is 5.57 Å². The summed E-state index contributed by atoms with van der Waals surface area (Å²) in [6, 6.07) is 18.7. The Balaban J connectivity index is 1.91. The van der Waals surface area contributed by atoms with E-state index in [0.29, 0.717) is 0 Å². The monoisotopic (exact) mass is 222 g/mol. The van der Waals surface area contributed by atoms with Crippen molar-refractivity contribution in [3.05, 3.63) is 72.0 Å². The molecule has 0 saturated heterocycles. The highest BCUT2D eigenvalue weighted by Gasteiger charge is 2.10. The van der Waals surface area contributed by atoms with Gasteiger partial charge in [-0.2, -0.15) is 0 Å². The molecule has 0 fully saturated rings. The summed E-state index contributed by atoms with van der Waals surface area (Å²) in [5, 5.41) is 0. The maximum atomic E-state index is 5.75. The second-order valence-corrected chi connectivity index (χ2v) is 4.23. The van der Waals surface area contributed by atoms with Crippen molar-refractivity contribution in [1.82, 2.24) is 0 Å². The Morgan fingerprint density at radius 3 is 2.41 bits per heavy atom. The number of benzene rings is 2. The Morgan fingerprint density at radius 2 is 1.53 bits per heavy atom. The molecular weight excluding hydrogens is 208 g/mol. The van der Waals surface area contributed by atoms with Gasteiger partial charge in [0.05, 0.1) is 6.26 Å². The maximum absolute atomic E-state index is 5.75. The molecule has 0 aliphatic carbocycles. The molecule has 0 radical (unpaired) electrons. The minimum Gasteiger partial charge on any atom is -0.464 e. The summed E-state index contributed by atoms with van der Waals surface area (Å²) in [5.74, 6) is 0.985. The third kappa shape index (κ3) is 2.09. The Bertz CT molecular complexity index is 540.